The molecule has 2 heterocycles. The van der Waals surface area contributed by atoms with Crippen molar-refractivity contribution in [3.8, 4) is 22.8 Å². The number of hydrogen-bond acceptors (Lipinski definition) is 5. The molecular weight excluding hydrogens is 407 g/mol. The van der Waals surface area contributed by atoms with Crippen LogP contribution >= 0.6 is 12.4 Å². The molecule has 0 spiro atoms. The molecule has 4 rings (SSSR count). The summed E-state index contributed by atoms with van der Waals surface area (Å²) in [6.45, 7) is -1.97. The van der Waals surface area contributed by atoms with Crippen LogP contribution in [0.4, 0.5) is 4.39 Å². The largest absolute Gasteiger partial charge is 0.454 e. The lowest BCUT2D eigenvalue weighted by Gasteiger charge is -2.11. The van der Waals surface area contributed by atoms with E-state index in [1.807, 2.05) is 0 Å². The number of halogens is 2. The van der Waals surface area contributed by atoms with Crippen molar-refractivity contribution in [1.82, 2.24) is 9.29 Å². The van der Waals surface area contributed by atoms with E-state index in [4.69, 9.17) is 12.2 Å². The van der Waals surface area contributed by atoms with E-state index >= 15 is 0 Å². The summed E-state index contributed by atoms with van der Waals surface area (Å²) in [5.41, 5.74) is 0.989. The maximum Gasteiger partial charge on any atom is 0.268 e. The molecule has 3 aromatic rings. The van der Waals surface area contributed by atoms with E-state index in [9.17, 15) is 12.8 Å². The third kappa shape index (κ3) is 3.46. The van der Waals surface area contributed by atoms with Crippen LogP contribution in [0.5, 0.6) is 11.5 Å². The lowest BCUT2D eigenvalue weighted by molar-refractivity contribution is 0.174. The van der Waals surface area contributed by atoms with Gasteiger partial charge >= 0.3 is 0 Å². The van der Waals surface area contributed by atoms with Crippen molar-refractivity contribution in [2.24, 2.45) is 0 Å². The molecule has 1 aliphatic heterocycles. The Kier molecular flexibility index (Phi) is 4.90. The minimum absolute atomic E-state index is 0. The fourth-order valence-electron chi connectivity index (χ4n) is 2.90. The fourth-order valence-corrected chi connectivity index (χ4v) is 4.31. The van der Waals surface area contributed by atoms with Crippen molar-refractivity contribution in [3.63, 3.8) is 0 Å². The highest BCUT2D eigenvalue weighted by Crippen LogP contribution is 2.36. The highest BCUT2D eigenvalue weighted by atomic mass is 35.5. The SMILES string of the molecule is Cl.[2H]C1([2H])Oc2ccc(S(=O)(=O)n3cc(CNC)cc3-c3ccccc3F)cc2O1. The molecule has 0 saturated heterocycles. The molecule has 148 valence electrons. The van der Waals surface area contributed by atoms with E-state index in [1.54, 1.807) is 19.2 Å². The van der Waals surface area contributed by atoms with Crippen molar-refractivity contribution in [3.05, 3.63) is 66.1 Å². The highest BCUT2D eigenvalue weighted by molar-refractivity contribution is 7.90. The molecule has 2 aromatic carbocycles. The molecule has 0 aliphatic carbocycles. The lowest BCUT2D eigenvalue weighted by atomic mass is 10.1. The van der Waals surface area contributed by atoms with Gasteiger partial charge in [0.15, 0.2) is 11.5 Å². The van der Waals surface area contributed by atoms with Gasteiger partial charge in [0, 0.05) is 24.4 Å². The van der Waals surface area contributed by atoms with Crippen LogP contribution in [-0.2, 0) is 16.6 Å². The molecule has 1 aliphatic rings. The Bertz CT molecular complexity index is 1200. The molecule has 0 amide bonds. The summed E-state index contributed by atoms with van der Waals surface area (Å²) >= 11 is 0. The van der Waals surface area contributed by atoms with E-state index in [0.29, 0.717) is 12.1 Å². The zero-order valence-corrected chi connectivity index (χ0v) is 16.3. The smallest absolute Gasteiger partial charge is 0.268 e. The van der Waals surface area contributed by atoms with Crippen molar-refractivity contribution in [2.45, 2.75) is 11.4 Å². The predicted octanol–water partition coefficient (Wildman–Crippen LogP) is 3.40. The van der Waals surface area contributed by atoms with E-state index < -0.39 is 22.6 Å². The Balaban J connectivity index is 0.00000256. The Morgan fingerprint density at radius 2 is 1.93 bits per heavy atom. The second-order valence-corrected chi connectivity index (χ2v) is 7.76. The van der Waals surface area contributed by atoms with Gasteiger partial charge in [0.1, 0.15) is 8.56 Å². The molecular formula is C19H18ClFN2O4S. The first-order chi connectivity index (χ1) is 13.7. The zero-order chi connectivity index (χ0) is 20.8. The number of nitrogens with one attached hydrogen (secondary N) is 1. The van der Waals surface area contributed by atoms with Crippen molar-refractivity contribution in [2.75, 3.05) is 13.8 Å². The highest BCUT2D eigenvalue weighted by Gasteiger charge is 2.25. The van der Waals surface area contributed by atoms with Crippen LogP contribution in [0.25, 0.3) is 11.3 Å². The molecule has 1 N–H and O–H groups in total. The first-order valence-corrected chi connectivity index (χ1v) is 9.54. The van der Waals surface area contributed by atoms with Crippen LogP contribution in [0.2, 0.25) is 0 Å². The van der Waals surface area contributed by atoms with E-state index in [0.717, 1.165) is 3.97 Å². The Morgan fingerprint density at radius 3 is 2.68 bits per heavy atom. The van der Waals surface area contributed by atoms with E-state index in [1.165, 1.54) is 42.6 Å². The molecule has 28 heavy (non-hydrogen) atoms. The van der Waals surface area contributed by atoms with E-state index in [2.05, 4.69) is 5.32 Å². The van der Waals surface area contributed by atoms with Gasteiger partial charge in [0.25, 0.3) is 10.0 Å². The maximum absolute atomic E-state index is 14.4. The van der Waals surface area contributed by atoms with Crippen LogP contribution in [0, 0.1) is 5.82 Å². The van der Waals surface area contributed by atoms with Gasteiger partial charge in [-0.15, -0.1) is 12.4 Å². The lowest BCUT2D eigenvalue weighted by Crippen LogP contribution is -2.14. The Hall–Kier alpha value is -2.55. The predicted molar refractivity (Wildman–Crippen MR) is 105 cm³/mol. The standard InChI is InChI=1S/C19H17FN2O4S.ClH/c1-21-10-13-8-17(15-4-2-3-5-16(15)20)22(11-13)27(23,24)14-6-7-18-19(9-14)26-12-25-18;/h2-9,11,21H,10,12H2,1H3;1H/i12D2;. The molecule has 0 saturated carbocycles. The Labute approximate surface area is 171 Å². The van der Waals surface area contributed by atoms with Crippen LogP contribution in [0.15, 0.2) is 59.6 Å². The van der Waals surface area contributed by atoms with Gasteiger partial charge in [-0.1, -0.05) is 12.1 Å². The molecule has 0 fully saturated rings. The van der Waals surface area contributed by atoms with Gasteiger partial charge in [0.2, 0.25) is 6.75 Å². The monoisotopic (exact) mass is 426 g/mol. The number of nitrogens with zero attached hydrogens (tertiary/aromatic N) is 1. The van der Waals surface area contributed by atoms with Gasteiger partial charge in [0.05, 0.1) is 10.6 Å². The Morgan fingerprint density at radius 1 is 1.18 bits per heavy atom. The van der Waals surface area contributed by atoms with Crippen LogP contribution in [0.3, 0.4) is 0 Å². The number of fused-ring (bicyclic) bond motifs is 1. The first-order valence-electron chi connectivity index (χ1n) is 9.10. The van der Waals surface area contributed by atoms with Crippen molar-refractivity contribution >= 4 is 22.4 Å². The number of rotatable bonds is 5. The number of hydrogen-bond donors (Lipinski definition) is 1. The van der Waals surface area contributed by atoms with Crippen molar-refractivity contribution in [1.29, 1.82) is 0 Å². The summed E-state index contributed by atoms with van der Waals surface area (Å²) in [4.78, 5) is -0.137. The van der Waals surface area contributed by atoms with Crippen molar-refractivity contribution < 1.29 is 25.0 Å². The number of ether oxygens (including phenoxy) is 2. The second kappa shape index (κ2) is 7.83. The third-order valence-electron chi connectivity index (χ3n) is 4.15. The summed E-state index contributed by atoms with van der Waals surface area (Å²) in [6.07, 6.45) is 1.43. The van der Waals surface area contributed by atoms with E-state index in [-0.39, 0.29) is 40.1 Å². The second-order valence-electron chi connectivity index (χ2n) is 5.94. The van der Waals surface area contributed by atoms with Crippen LogP contribution in [0.1, 0.15) is 8.30 Å². The average Bonchev–Trinajstić information content (AvgIpc) is 3.21. The summed E-state index contributed by atoms with van der Waals surface area (Å²) in [7, 11) is -2.40. The molecule has 9 heteroatoms. The minimum Gasteiger partial charge on any atom is -0.454 e. The summed E-state index contributed by atoms with van der Waals surface area (Å²) in [5, 5.41) is 2.94. The molecule has 1 aromatic heterocycles. The fraction of sp³-hybridized carbons (Fsp3) is 0.158. The minimum atomic E-state index is -4.13. The quantitative estimate of drug-likeness (QED) is 0.677. The molecule has 0 atom stereocenters. The van der Waals surface area contributed by atoms with Gasteiger partial charge < -0.3 is 14.8 Å². The normalized spacial score (nSPS) is 15.5. The number of benzene rings is 2. The van der Waals surface area contributed by atoms with Gasteiger partial charge in [-0.05, 0) is 42.9 Å². The molecule has 0 unspecified atom stereocenters. The van der Waals surface area contributed by atoms with Gasteiger partial charge in [-0.2, -0.15) is 0 Å². The zero-order valence-electron chi connectivity index (χ0n) is 16.7. The topological polar surface area (TPSA) is 69.6 Å². The third-order valence-corrected chi connectivity index (χ3v) is 5.82. The molecule has 0 radical (unpaired) electrons. The maximum atomic E-state index is 14.4. The van der Waals surface area contributed by atoms with Gasteiger partial charge in [-0.3, -0.25) is 0 Å². The molecule has 0 bridgehead atoms. The van der Waals surface area contributed by atoms with Gasteiger partial charge in [-0.25, -0.2) is 16.8 Å². The average molecular weight is 427 g/mol. The van der Waals surface area contributed by atoms with Crippen LogP contribution < -0.4 is 14.8 Å². The summed E-state index contributed by atoms with van der Waals surface area (Å²) < 4.78 is 67.1. The molecule has 6 nitrogen and oxygen atoms in total. The number of aromatic nitrogens is 1. The first kappa shape index (κ1) is 17.5. The summed E-state index contributed by atoms with van der Waals surface area (Å²) in [5.74, 6) is -0.463. The summed E-state index contributed by atoms with van der Waals surface area (Å²) in [6, 6.07) is 11.4. The van der Waals surface area contributed by atoms with Crippen LogP contribution in [-0.4, -0.2) is 26.2 Å².